The number of benzene rings is 1. The average Bonchev–Trinajstić information content (AvgIpc) is 2.90. The van der Waals surface area contributed by atoms with Crippen molar-refractivity contribution in [2.45, 2.75) is 19.4 Å². The van der Waals surface area contributed by atoms with Gasteiger partial charge in [0.2, 0.25) is 0 Å². The summed E-state index contributed by atoms with van der Waals surface area (Å²) in [5.41, 5.74) is 1.28. The summed E-state index contributed by atoms with van der Waals surface area (Å²) in [6, 6.07) is 10.4. The second-order valence-corrected chi connectivity index (χ2v) is 5.90. The third kappa shape index (κ3) is 2.98. The first-order chi connectivity index (χ1) is 9.33. The number of likely N-dealkylation sites (tertiary alicyclic amines) is 1. The number of allylic oxidation sites excluding steroid dienone is 2. The van der Waals surface area contributed by atoms with Crippen LogP contribution in [0.2, 0.25) is 0 Å². The van der Waals surface area contributed by atoms with Gasteiger partial charge in [0.05, 0.1) is 0 Å². The summed E-state index contributed by atoms with van der Waals surface area (Å²) in [5.74, 6) is 1.61. The van der Waals surface area contributed by atoms with E-state index in [1.807, 2.05) is 6.07 Å². The summed E-state index contributed by atoms with van der Waals surface area (Å²) in [6.07, 6.45) is 7.10. The molecule has 100 valence electrons. The monoisotopic (exact) mass is 272 g/mol. The second-order valence-electron chi connectivity index (χ2n) is 5.51. The van der Waals surface area contributed by atoms with Gasteiger partial charge in [0, 0.05) is 19.6 Å². The van der Waals surface area contributed by atoms with Crippen LogP contribution in [0.15, 0.2) is 42.5 Å². The molecule has 0 bridgehead atoms. The molecule has 1 aliphatic heterocycles. The number of hydrogen-bond donors (Lipinski definition) is 1. The summed E-state index contributed by atoms with van der Waals surface area (Å²) in [4.78, 5) is 2.35. The van der Waals surface area contributed by atoms with Gasteiger partial charge in [0.25, 0.3) is 0 Å². The second kappa shape index (κ2) is 5.74. The Morgan fingerprint density at radius 2 is 1.74 bits per heavy atom. The van der Waals surface area contributed by atoms with Crippen LogP contribution >= 0.6 is 12.2 Å². The van der Waals surface area contributed by atoms with Crippen LogP contribution in [-0.4, -0.2) is 23.1 Å². The topological polar surface area (TPSA) is 15.3 Å². The van der Waals surface area contributed by atoms with E-state index in [2.05, 4.69) is 46.6 Å². The quantitative estimate of drug-likeness (QED) is 0.658. The van der Waals surface area contributed by atoms with Crippen LogP contribution in [0.3, 0.4) is 0 Å². The maximum Gasteiger partial charge on any atom is 0.169 e. The molecule has 1 aliphatic carbocycles. The Labute approximate surface area is 120 Å². The number of nitrogens with zero attached hydrogens (tertiary/aromatic N) is 1. The van der Waals surface area contributed by atoms with Gasteiger partial charge in [-0.25, -0.2) is 0 Å². The maximum absolute atomic E-state index is 5.53. The lowest BCUT2D eigenvalue weighted by Gasteiger charge is -2.20. The van der Waals surface area contributed by atoms with Gasteiger partial charge in [-0.3, -0.25) is 0 Å². The van der Waals surface area contributed by atoms with Gasteiger partial charge in [-0.1, -0.05) is 42.5 Å². The van der Waals surface area contributed by atoms with E-state index in [-0.39, 0.29) is 0 Å². The fourth-order valence-corrected chi connectivity index (χ4v) is 3.29. The highest BCUT2D eigenvalue weighted by molar-refractivity contribution is 7.80. The van der Waals surface area contributed by atoms with Crippen LogP contribution < -0.4 is 5.32 Å². The van der Waals surface area contributed by atoms with Crippen molar-refractivity contribution < 1.29 is 0 Å². The molecule has 1 aromatic carbocycles. The Kier molecular flexibility index (Phi) is 3.83. The maximum atomic E-state index is 5.53. The standard InChI is InChI=1S/C16H20N2S/c19-16(17-10-13-6-2-1-3-7-13)18-11-14-8-4-5-9-15(14)12-18/h1-7,14-15H,8-12H2,(H,17,19). The highest BCUT2D eigenvalue weighted by Crippen LogP contribution is 2.32. The van der Waals surface area contributed by atoms with Crippen LogP contribution in [0.4, 0.5) is 0 Å². The predicted octanol–water partition coefficient (Wildman–Crippen LogP) is 2.96. The molecule has 1 aromatic rings. The minimum atomic E-state index is 0.807. The highest BCUT2D eigenvalue weighted by atomic mass is 32.1. The third-order valence-electron chi connectivity index (χ3n) is 4.19. The van der Waals surface area contributed by atoms with Crippen LogP contribution in [-0.2, 0) is 6.54 Å². The molecular weight excluding hydrogens is 252 g/mol. The molecule has 1 heterocycles. The Balaban J connectivity index is 1.52. The molecule has 19 heavy (non-hydrogen) atoms. The number of hydrogen-bond acceptors (Lipinski definition) is 1. The van der Waals surface area contributed by atoms with Crippen molar-refractivity contribution in [1.82, 2.24) is 10.2 Å². The van der Waals surface area contributed by atoms with Gasteiger partial charge in [-0.2, -0.15) is 0 Å². The number of fused-ring (bicyclic) bond motifs is 1. The van der Waals surface area contributed by atoms with Crippen molar-refractivity contribution in [3.63, 3.8) is 0 Å². The van der Waals surface area contributed by atoms with Crippen LogP contribution in [0, 0.1) is 11.8 Å². The van der Waals surface area contributed by atoms with Gasteiger partial charge in [-0.05, 0) is 42.5 Å². The minimum absolute atomic E-state index is 0.807. The molecule has 3 heteroatoms. The zero-order valence-electron chi connectivity index (χ0n) is 11.1. The van der Waals surface area contributed by atoms with Crippen molar-refractivity contribution in [3.8, 4) is 0 Å². The largest absolute Gasteiger partial charge is 0.358 e. The Morgan fingerprint density at radius 1 is 1.11 bits per heavy atom. The van der Waals surface area contributed by atoms with Crippen molar-refractivity contribution >= 4 is 17.3 Å². The summed E-state index contributed by atoms with van der Waals surface area (Å²) >= 11 is 5.53. The molecular formula is C16H20N2S. The van der Waals surface area contributed by atoms with Gasteiger partial charge in [0.1, 0.15) is 0 Å². The average molecular weight is 272 g/mol. The first kappa shape index (κ1) is 12.7. The van der Waals surface area contributed by atoms with Crippen LogP contribution in [0.25, 0.3) is 0 Å². The smallest absolute Gasteiger partial charge is 0.169 e. The number of nitrogens with one attached hydrogen (secondary N) is 1. The first-order valence-electron chi connectivity index (χ1n) is 7.04. The lowest BCUT2D eigenvalue weighted by Crippen LogP contribution is -2.38. The first-order valence-corrected chi connectivity index (χ1v) is 7.45. The molecule has 1 N–H and O–H groups in total. The number of rotatable bonds is 2. The molecule has 0 saturated carbocycles. The van der Waals surface area contributed by atoms with Crippen LogP contribution in [0.5, 0.6) is 0 Å². The Hall–Kier alpha value is -1.35. The van der Waals surface area contributed by atoms with Gasteiger partial charge in [-0.15, -0.1) is 0 Å². The SMILES string of the molecule is S=C(NCc1ccccc1)N1CC2CC=CCC2C1. The Morgan fingerprint density at radius 3 is 2.37 bits per heavy atom. The van der Waals surface area contributed by atoms with Crippen LogP contribution in [0.1, 0.15) is 18.4 Å². The van der Waals surface area contributed by atoms with E-state index in [0.717, 1.165) is 36.6 Å². The molecule has 0 amide bonds. The molecule has 0 spiro atoms. The van der Waals surface area contributed by atoms with E-state index in [9.17, 15) is 0 Å². The number of thiocarbonyl (C=S) groups is 1. The van der Waals surface area contributed by atoms with E-state index in [1.165, 1.54) is 18.4 Å². The molecule has 1 fully saturated rings. The third-order valence-corrected chi connectivity index (χ3v) is 4.60. The van der Waals surface area contributed by atoms with Crippen molar-refractivity contribution in [1.29, 1.82) is 0 Å². The normalized spacial score (nSPS) is 25.2. The minimum Gasteiger partial charge on any atom is -0.358 e. The van der Waals surface area contributed by atoms with Crippen molar-refractivity contribution in [3.05, 3.63) is 48.0 Å². The van der Waals surface area contributed by atoms with E-state index in [4.69, 9.17) is 12.2 Å². The highest BCUT2D eigenvalue weighted by Gasteiger charge is 2.33. The fraction of sp³-hybridized carbons (Fsp3) is 0.438. The van der Waals surface area contributed by atoms with Gasteiger partial charge >= 0.3 is 0 Å². The lowest BCUT2D eigenvalue weighted by molar-refractivity contribution is 0.411. The molecule has 0 radical (unpaired) electrons. The zero-order valence-corrected chi connectivity index (χ0v) is 11.9. The fourth-order valence-electron chi connectivity index (χ4n) is 3.07. The van der Waals surface area contributed by atoms with Gasteiger partial charge in [0.15, 0.2) is 5.11 Å². The van der Waals surface area contributed by atoms with E-state index in [0.29, 0.717) is 0 Å². The predicted molar refractivity (Wildman–Crippen MR) is 82.8 cm³/mol. The van der Waals surface area contributed by atoms with E-state index < -0.39 is 0 Å². The molecule has 2 aliphatic rings. The Bertz CT molecular complexity index is 453. The van der Waals surface area contributed by atoms with Gasteiger partial charge < -0.3 is 10.2 Å². The van der Waals surface area contributed by atoms with E-state index >= 15 is 0 Å². The zero-order chi connectivity index (χ0) is 13.1. The molecule has 0 aromatic heterocycles. The molecule has 2 unspecified atom stereocenters. The molecule has 2 nitrogen and oxygen atoms in total. The summed E-state index contributed by atoms with van der Waals surface area (Å²) < 4.78 is 0. The summed E-state index contributed by atoms with van der Waals surface area (Å²) in [7, 11) is 0. The molecule has 1 saturated heterocycles. The lowest BCUT2D eigenvalue weighted by atomic mass is 9.86. The molecule has 3 rings (SSSR count). The van der Waals surface area contributed by atoms with E-state index in [1.54, 1.807) is 0 Å². The molecule has 2 atom stereocenters. The summed E-state index contributed by atoms with van der Waals surface area (Å²) in [5, 5.41) is 4.30. The van der Waals surface area contributed by atoms with Crippen molar-refractivity contribution in [2.24, 2.45) is 11.8 Å². The van der Waals surface area contributed by atoms with Crippen molar-refractivity contribution in [2.75, 3.05) is 13.1 Å². The summed E-state index contributed by atoms with van der Waals surface area (Å²) in [6.45, 7) is 3.06.